The van der Waals surface area contributed by atoms with E-state index >= 15 is 0 Å². The summed E-state index contributed by atoms with van der Waals surface area (Å²) < 4.78 is 10.6. The fraction of sp³-hybridized carbons (Fsp3) is 0.154. The number of nitrogens with zero attached hydrogens (tertiary/aromatic N) is 1. The van der Waals surface area contributed by atoms with Crippen molar-refractivity contribution in [3.05, 3.63) is 46.1 Å². The van der Waals surface area contributed by atoms with Gasteiger partial charge in [-0.2, -0.15) is 0 Å². The van der Waals surface area contributed by atoms with Crippen molar-refractivity contribution in [3.8, 4) is 11.6 Å². The lowest BCUT2D eigenvalue weighted by Gasteiger charge is -2.10. The van der Waals surface area contributed by atoms with E-state index in [1.165, 1.54) is 0 Å². The molecule has 0 aliphatic rings. The Balaban J connectivity index is 2.12. The highest BCUT2D eigenvalue weighted by Crippen LogP contribution is 2.32. The van der Waals surface area contributed by atoms with Crippen molar-refractivity contribution in [1.29, 1.82) is 0 Å². The fourth-order valence-electron chi connectivity index (χ4n) is 1.47. The minimum Gasteiger partial charge on any atom is -0.485 e. The molecule has 4 nitrogen and oxygen atoms in total. The predicted molar refractivity (Wildman–Crippen MR) is 76.0 cm³/mol. The number of rotatable bonds is 4. The first-order valence-corrected chi connectivity index (χ1v) is 6.23. The van der Waals surface area contributed by atoms with Crippen LogP contribution in [-0.2, 0) is 6.61 Å². The molecule has 0 aliphatic carbocycles. The van der Waals surface area contributed by atoms with Gasteiger partial charge in [0.2, 0.25) is 5.88 Å². The van der Waals surface area contributed by atoms with Gasteiger partial charge < -0.3 is 15.2 Å². The molecule has 0 saturated heterocycles. The quantitative estimate of drug-likeness (QED) is 0.877. The Morgan fingerprint density at radius 1 is 1.21 bits per heavy atom. The average Bonchev–Trinajstić information content (AvgIpc) is 2.41. The maximum atomic E-state index is 5.91. The number of halogens is 2. The molecule has 0 radical (unpaired) electrons. The number of ether oxygens (including phenoxy) is 2. The van der Waals surface area contributed by atoms with E-state index in [0.717, 1.165) is 5.69 Å². The number of nitrogen functional groups attached to an aromatic ring is 1. The third-order valence-electron chi connectivity index (χ3n) is 2.42. The van der Waals surface area contributed by atoms with E-state index in [0.29, 0.717) is 27.4 Å². The Labute approximate surface area is 121 Å². The zero-order chi connectivity index (χ0) is 13.8. The van der Waals surface area contributed by atoms with Crippen molar-refractivity contribution in [2.24, 2.45) is 0 Å². The van der Waals surface area contributed by atoms with E-state index in [1.807, 2.05) is 12.1 Å². The van der Waals surface area contributed by atoms with Crippen molar-refractivity contribution in [2.75, 3.05) is 12.8 Å². The van der Waals surface area contributed by atoms with Crippen LogP contribution in [0.4, 0.5) is 5.69 Å². The van der Waals surface area contributed by atoms with Crippen molar-refractivity contribution in [2.45, 2.75) is 6.61 Å². The van der Waals surface area contributed by atoms with E-state index in [-0.39, 0.29) is 6.61 Å². The first kappa shape index (κ1) is 13.8. The molecule has 0 spiro atoms. The lowest BCUT2D eigenvalue weighted by atomic mass is 10.3. The van der Waals surface area contributed by atoms with Gasteiger partial charge in [-0.25, -0.2) is 4.98 Å². The van der Waals surface area contributed by atoms with Crippen molar-refractivity contribution < 1.29 is 9.47 Å². The summed E-state index contributed by atoms with van der Waals surface area (Å²) in [5.74, 6) is 1.00. The van der Waals surface area contributed by atoms with Crippen molar-refractivity contribution in [3.63, 3.8) is 0 Å². The number of nitrogens with two attached hydrogens (primary N) is 1. The molecule has 2 rings (SSSR count). The molecule has 0 fully saturated rings. The highest BCUT2D eigenvalue weighted by Gasteiger charge is 2.07. The predicted octanol–water partition coefficient (Wildman–Crippen LogP) is 3.56. The van der Waals surface area contributed by atoms with E-state index in [1.54, 1.807) is 25.3 Å². The summed E-state index contributed by atoms with van der Waals surface area (Å²) in [5.41, 5.74) is 6.95. The van der Waals surface area contributed by atoms with Gasteiger partial charge in [0.15, 0.2) is 0 Å². The van der Waals surface area contributed by atoms with Gasteiger partial charge in [-0.05, 0) is 12.1 Å². The van der Waals surface area contributed by atoms with Crippen LogP contribution in [0.25, 0.3) is 0 Å². The minimum absolute atomic E-state index is 0.263. The number of anilines is 1. The topological polar surface area (TPSA) is 57.4 Å². The number of pyridine rings is 1. The van der Waals surface area contributed by atoms with E-state index in [4.69, 9.17) is 38.4 Å². The van der Waals surface area contributed by atoms with Gasteiger partial charge in [-0.1, -0.05) is 29.3 Å². The van der Waals surface area contributed by atoms with E-state index < -0.39 is 0 Å². The molecule has 0 bridgehead atoms. The first-order valence-electron chi connectivity index (χ1n) is 5.47. The van der Waals surface area contributed by atoms with Crippen LogP contribution in [0.2, 0.25) is 10.0 Å². The molecule has 0 unspecified atom stereocenters. The van der Waals surface area contributed by atoms with Crippen LogP contribution in [0.15, 0.2) is 30.3 Å². The maximum Gasteiger partial charge on any atom is 0.213 e. The molecule has 19 heavy (non-hydrogen) atoms. The summed E-state index contributed by atoms with van der Waals surface area (Å²) in [6.07, 6.45) is 0. The third-order valence-corrected chi connectivity index (χ3v) is 3.14. The monoisotopic (exact) mass is 298 g/mol. The normalized spacial score (nSPS) is 10.3. The smallest absolute Gasteiger partial charge is 0.213 e. The summed E-state index contributed by atoms with van der Waals surface area (Å²) in [6.45, 7) is 0.263. The molecule has 0 atom stereocenters. The van der Waals surface area contributed by atoms with Crippen LogP contribution in [0.1, 0.15) is 5.69 Å². The zero-order valence-corrected chi connectivity index (χ0v) is 11.7. The molecule has 0 saturated carbocycles. The van der Waals surface area contributed by atoms with Gasteiger partial charge in [0.05, 0.1) is 28.5 Å². The molecule has 0 aliphatic heterocycles. The van der Waals surface area contributed by atoms with E-state index in [2.05, 4.69) is 4.98 Å². The Kier molecular flexibility index (Phi) is 4.35. The Hall–Kier alpha value is -1.65. The number of benzene rings is 1. The van der Waals surface area contributed by atoms with Gasteiger partial charge in [0, 0.05) is 12.1 Å². The number of aromatic nitrogens is 1. The molecule has 2 aromatic rings. The highest BCUT2D eigenvalue weighted by atomic mass is 35.5. The lowest BCUT2D eigenvalue weighted by molar-refractivity contribution is 0.299. The van der Waals surface area contributed by atoms with Crippen LogP contribution < -0.4 is 15.2 Å². The molecular formula is C13H12Cl2N2O2. The molecule has 100 valence electrons. The molecule has 1 aromatic carbocycles. The fourth-order valence-corrected chi connectivity index (χ4v) is 1.80. The number of hydrogen-bond donors (Lipinski definition) is 1. The molecule has 6 heteroatoms. The molecule has 0 amide bonds. The number of methoxy groups -OCH3 is 1. The minimum atomic E-state index is 0.263. The summed E-state index contributed by atoms with van der Waals surface area (Å²) in [6, 6.07) is 8.56. The Morgan fingerprint density at radius 3 is 2.68 bits per heavy atom. The third kappa shape index (κ3) is 3.43. The average molecular weight is 299 g/mol. The Morgan fingerprint density at radius 2 is 1.95 bits per heavy atom. The van der Waals surface area contributed by atoms with Gasteiger partial charge in [0.1, 0.15) is 12.4 Å². The van der Waals surface area contributed by atoms with E-state index in [9.17, 15) is 0 Å². The molecule has 1 aromatic heterocycles. The summed E-state index contributed by atoms with van der Waals surface area (Å²) in [5, 5.41) is 0.787. The second-order valence-electron chi connectivity index (χ2n) is 3.76. The second kappa shape index (κ2) is 5.99. The highest BCUT2D eigenvalue weighted by molar-refractivity contribution is 6.42. The van der Waals surface area contributed by atoms with Crippen LogP contribution in [-0.4, -0.2) is 12.1 Å². The molecular weight excluding hydrogens is 287 g/mol. The van der Waals surface area contributed by atoms with Gasteiger partial charge in [0.25, 0.3) is 0 Å². The standard InChI is InChI=1S/C13H12Cl2N2O2/c1-18-13-4-2-3-8(17-13)7-19-12-6-10(15)9(14)5-11(12)16/h2-6H,7,16H2,1H3. The second-order valence-corrected chi connectivity index (χ2v) is 4.58. The van der Waals surface area contributed by atoms with Crippen LogP contribution in [0.3, 0.4) is 0 Å². The summed E-state index contributed by atoms with van der Waals surface area (Å²) in [4.78, 5) is 4.23. The van der Waals surface area contributed by atoms with Crippen LogP contribution >= 0.6 is 23.2 Å². The number of hydrogen-bond acceptors (Lipinski definition) is 4. The maximum absolute atomic E-state index is 5.91. The Bertz CT molecular complexity index is 591. The van der Waals surface area contributed by atoms with Gasteiger partial charge in [-0.3, -0.25) is 0 Å². The van der Waals surface area contributed by atoms with Crippen molar-refractivity contribution in [1.82, 2.24) is 4.98 Å². The lowest BCUT2D eigenvalue weighted by Crippen LogP contribution is -2.01. The van der Waals surface area contributed by atoms with Crippen LogP contribution in [0.5, 0.6) is 11.6 Å². The van der Waals surface area contributed by atoms with Crippen LogP contribution in [0, 0.1) is 0 Å². The van der Waals surface area contributed by atoms with Gasteiger partial charge >= 0.3 is 0 Å². The first-order chi connectivity index (χ1) is 9.10. The summed E-state index contributed by atoms with van der Waals surface area (Å²) >= 11 is 11.8. The van der Waals surface area contributed by atoms with Gasteiger partial charge in [-0.15, -0.1) is 0 Å². The zero-order valence-electron chi connectivity index (χ0n) is 10.2. The SMILES string of the molecule is COc1cccc(COc2cc(Cl)c(Cl)cc2N)n1. The molecule has 2 N–H and O–H groups in total. The molecule has 1 heterocycles. The summed E-state index contributed by atoms with van der Waals surface area (Å²) in [7, 11) is 1.56. The van der Waals surface area contributed by atoms with Crippen molar-refractivity contribution >= 4 is 28.9 Å². The largest absolute Gasteiger partial charge is 0.485 e.